The second-order valence-electron chi connectivity index (χ2n) is 19.7. The molecule has 12 aromatic carbocycles. The molecule has 16 aromatic rings. The summed E-state index contributed by atoms with van der Waals surface area (Å²) in [6.45, 7) is 0. The first kappa shape index (κ1) is 42.9. The second kappa shape index (κ2) is 17.0. The molecule has 358 valence electrons. The zero-order chi connectivity index (χ0) is 50.6. The number of aromatic nitrogens is 6. The summed E-state index contributed by atoms with van der Waals surface area (Å²) in [5.74, 6) is 2.92. The van der Waals surface area contributed by atoms with Crippen LogP contribution in [-0.2, 0) is 0 Å². The molecule has 0 aliphatic heterocycles. The van der Waals surface area contributed by atoms with Gasteiger partial charge in [-0.2, -0.15) is 0 Å². The van der Waals surface area contributed by atoms with E-state index in [1.165, 1.54) is 32.6 Å². The predicted octanol–water partition coefficient (Wildman–Crippen LogP) is 17.9. The Morgan fingerprint density at radius 3 is 1.21 bits per heavy atom. The number of benzene rings is 12. The third kappa shape index (κ3) is 7.26. The van der Waals surface area contributed by atoms with Crippen LogP contribution in [-0.4, -0.2) is 29.5 Å². The highest BCUT2D eigenvalue weighted by atomic mass is 16.4. The number of para-hydroxylation sites is 6. The van der Waals surface area contributed by atoms with Crippen LogP contribution < -0.4 is 0 Å². The molecule has 77 heavy (non-hydrogen) atoms. The number of hydrogen-bond donors (Lipinski definition) is 0. The molecular formula is C69H40N6O2. The van der Waals surface area contributed by atoms with Crippen LogP contribution in [0.5, 0.6) is 0 Å². The zero-order valence-electron chi connectivity index (χ0n) is 41.1. The Balaban J connectivity index is 0.783. The molecule has 0 aliphatic carbocycles. The molecule has 8 nitrogen and oxygen atoms in total. The quantitative estimate of drug-likeness (QED) is 0.157. The van der Waals surface area contributed by atoms with Gasteiger partial charge in [-0.05, 0) is 157 Å². The normalized spacial score (nSPS) is 11.9. The van der Waals surface area contributed by atoms with Gasteiger partial charge >= 0.3 is 0 Å². The van der Waals surface area contributed by atoms with Crippen molar-refractivity contribution in [2.75, 3.05) is 0 Å². The fourth-order valence-electron chi connectivity index (χ4n) is 11.2. The molecule has 0 saturated carbocycles. The van der Waals surface area contributed by atoms with E-state index in [1.807, 2.05) is 48.5 Å². The Hall–Kier alpha value is -10.6. The minimum Gasteiger partial charge on any atom is -0.436 e. The molecule has 4 aromatic heterocycles. The first-order chi connectivity index (χ1) is 38.1. The average molecular weight is 985 g/mol. The van der Waals surface area contributed by atoms with E-state index in [0.29, 0.717) is 29.3 Å². The van der Waals surface area contributed by atoms with Crippen LogP contribution in [0.2, 0.25) is 0 Å². The minimum atomic E-state index is 0.578. The van der Waals surface area contributed by atoms with Gasteiger partial charge < -0.3 is 13.4 Å². The van der Waals surface area contributed by atoms with Gasteiger partial charge in [0, 0.05) is 44.3 Å². The molecule has 0 atom stereocenters. The van der Waals surface area contributed by atoms with Gasteiger partial charge in [-0.3, -0.25) is 0 Å². The van der Waals surface area contributed by atoms with E-state index in [9.17, 15) is 0 Å². The van der Waals surface area contributed by atoms with E-state index in [-0.39, 0.29) is 0 Å². The second-order valence-corrected chi connectivity index (χ2v) is 19.7. The SMILES string of the molecule is c1ccc(-n2c3ccccc3c3c4cc(-c5ccc6cc(-c7nc(-c8ccc9cc(-c%10nc%11ccccc%11o%10)ccc9c8)nc(-c8ccc9cc(-c%10nc%11ccccc%11o%10)ccc9c8)n7)ccc6c5)ccc4ccc32)cc1. The molecule has 0 bridgehead atoms. The highest BCUT2D eigenvalue weighted by Crippen LogP contribution is 2.40. The van der Waals surface area contributed by atoms with Crippen molar-refractivity contribution in [1.82, 2.24) is 29.5 Å². The molecule has 0 N–H and O–H groups in total. The Bertz CT molecular complexity index is 4830. The van der Waals surface area contributed by atoms with E-state index in [2.05, 4.69) is 199 Å². The first-order valence-corrected chi connectivity index (χ1v) is 25.7. The minimum absolute atomic E-state index is 0.578. The van der Waals surface area contributed by atoms with Crippen LogP contribution in [0.4, 0.5) is 0 Å². The van der Waals surface area contributed by atoms with E-state index in [4.69, 9.17) is 33.8 Å². The van der Waals surface area contributed by atoms with Crippen LogP contribution in [0.15, 0.2) is 251 Å². The van der Waals surface area contributed by atoms with Crippen molar-refractivity contribution in [3.05, 3.63) is 243 Å². The van der Waals surface area contributed by atoms with Gasteiger partial charge in [0.15, 0.2) is 28.6 Å². The Labute approximate surface area is 439 Å². The van der Waals surface area contributed by atoms with E-state index < -0.39 is 0 Å². The lowest BCUT2D eigenvalue weighted by Gasteiger charge is -2.11. The molecular weight excluding hydrogens is 945 g/mol. The van der Waals surface area contributed by atoms with E-state index >= 15 is 0 Å². The van der Waals surface area contributed by atoms with E-state index in [1.54, 1.807) is 0 Å². The average Bonchev–Trinajstić information content (AvgIpc) is 4.28. The summed E-state index contributed by atoms with van der Waals surface area (Å²) in [7, 11) is 0. The Morgan fingerprint density at radius 1 is 0.273 bits per heavy atom. The van der Waals surface area contributed by atoms with Gasteiger partial charge in [0.25, 0.3) is 0 Å². The molecule has 0 saturated heterocycles. The number of hydrogen-bond acceptors (Lipinski definition) is 7. The van der Waals surface area contributed by atoms with Crippen molar-refractivity contribution < 1.29 is 8.83 Å². The lowest BCUT2D eigenvalue weighted by atomic mass is 9.96. The fraction of sp³-hybridized carbons (Fsp3) is 0. The van der Waals surface area contributed by atoms with Crippen molar-refractivity contribution in [1.29, 1.82) is 0 Å². The maximum absolute atomic E-state index is 6.13. The molecule has 0 fully saturated rings. The number of fused-ring (bicyclic) bond motifs is 10. The fourth-order valence-corrected chi connectivity index (χ4v) is 11.2. The molecule has 0 aliphatic rings. The monoisotopic (exact) mass is 984 g/mol. The van der Waals surface area contributed by atoms with Crippen molar-refractivity contribution in [3.63, 3.8) is 0 Å². The van der Waals surface area contributed by atoms with Gasteiger partial charge in [0.05, 0.1) is 11.0 Å². The van der Waals surface area contributed by atoms with Crippen LogP contribution in [0, 0.1) is 0 Å². The third-order valence-electron chi connectivity index (χ3n) is 15.0. The largest absolute Gasteiger partial charge is 0.436 e. The van der Waals surface area contributed by atoms with Gasteiger partial charge in [-0.25, -0.2) is 24.9 Å². The standard InChI is InChI=1S/C69H40N6O2/c1-2-10-55(11-3-1)75-60-15-7-4-12-56(60)64-57-40-49(19-18-41(57)32-33-61(64)75)43-20-21-44-35-50(27-22-42(44)34-43)65-72-66(51-28-23-47-38-53(30-25-45(47)36-51)68-70-58-13-5-8-16-62(58)76-68)74-67(73-65)52-29-24-48-39-54(31-26-46(48)37-52)69-71-59-14-6-9-17-63(59)77-69/h1-40H. The van der Waals surface area contributed by atoms with Crippen LogP contribution >= 0.6 is 0 Å². The number of rotatable bonds is 7. The summed E-state index contributed by atoms with van der Waals surface area (Å²) < 4.78 is 14.6. The van der Waals surface area contributed by atoms with Crippen LogP contribution in [0.25, 0.3) is 161 Å². The summed E-state index contributed by atoms with van der Waals surface area (Å²) >= 11 is 0. The van der Waals surface area contributed by atoms with Gasteiger partial charge in [-0.1, -0.05) is 140 Å². The Kier molecular flexibility index (Phi) is 9.46. The first-order valence-electron chi connectivity index (χ1n) is 25.7. The van der Waals surface area contributed by atoms with Crippen molar-refractivity contribution in [2.24, 2.45) is 0 Å². The van der Waals surface area contributed by atoms with Crippen molar-refractivity contribution >= 4 is 87.1 Å². The molecule has 0 unspecified atom stereocenters. The smallest absolute Gasteiger partial charge is 0.227 e. The summed E-state index contributed by atoms with van der Waals surface area (Å²) in [5, 5.41) is 11.3. The maximum Gasteiger partial charge on any atom is 0.227 e. The summed E-state index contributed by atoms with van der Waals surface area (Å²) in [5.41, 5.74) is 13.5. The molecule has 4 heterocycles. The van der Waals surface area contributed by atoms with Crippen LogP contribution in [0.1, 0.15) is 0 Å². The molecule has 8 heteroatoms. The van der Waals surface area contributed by atoms with Gasteiger partial charge in [0.1, 0.15) is 11.0 Å². The molecule has 16 rings (SSSR count). The third-order valence-corrected chi connectivity index (χ3v) is 15.0. The number of nitrogens with zero attached hydrogens (tertiary/aromatic N) is 6. The highest BCUT2D eigenvalue weighted by Gasteiger charge is 2.18. The van der Waals surface area contributed by atoms with Gasteiger partial charge in [-0.15, -0.1) is 0 Å². The maximum atomic E-state index is 6.13. The van der Waals surface area contributed by atoms with Crippen molar-refractivity contribution in [2.45, 2.75) is 0 Å². The topological polar surface area (TPSA) is 95.7 Å². The van der Waals surface area contributed by atoms with Crippen LogP contribution in [0.3, 0.4) is 0 Å². The Morgan fingerprint density at radius 2 is 0.675 bits per heavy atom. The number of oxazole rings is 2. The van der Waals surface area contributed by atoms with E-state index in [0.717, 1.165) is 99.1 Å². The molecule has 0 amide bonds. The zero-order valence-corrected chi connectivity index (χ0v) is 41.1. The summed E-state index contributed by atoms with van der Waals surface area (Å²) in [6.07, 6.45) is 0. The summed E-state index contributed by atoms with van der Waals surface area (Å²) in [4.78, 5) is 25.1. The molecule has 0 radical (unpaired) electrons. The molecule has 0 spiro atoms. The highest BCUT2D eigenvalue weighted by molar-refractivity contribution is 6.22. The predicted molar refractivity (Wildman–Crippen MR) is 312 cm³/mol. The van der Waals surface area contributed by atoms with Gasteiger partial charge in [0.2, 0.25) is 11.8 Å². The summed E-state index contributed by atoms with van der Waals surface area (Å²) in [6, 6.07) is 84.8. The lowest BCUT2D eigenvalue weighted by Crippen LogP contribution is -2.00. The van der Waals surface area contributed by atoms with Crippen molar-refractivity contribution in [3.8, 4) is 73.9 Å². The lowest BCUT2D eigenvalue weighted by molar-refractivity contribution is 0.619.